The number of benzene rings is 1. The number of nitrogens with zero attached hydrogens (tertiary/aromatic N) is 3. The van der Waals surface area contributed by atoms with Gasteiger partial charge < -0.3 is 4.74 Å². The summed E-state index contributed by atoms with van der Waals surface area (Å²) in [6.07, 6.45) is 5.60. The topological polar surface area (TPSA) is 68.1 Å². The monoisotopic (exact) mass is 424 g/mol. The summed E-state index contributed by atoms with van der Waals surface area (Å²) in [6, 6.07) is 12.3. The second kappa shape index (κ2) is 9.62. The van der Waals surface area contributed by atoms with Crippen molar-refractivity contribution in [1.82, 2.24) is 10.5 Å². The molecule has 0 bridgehead atoms. The molecule has 1 aromatic carbocycles. The molecule has 1 fully saturated rings. The Labute approximate surface area is 182 Å². The maximum atomic E-state index is 6.07. The molecule has 1 saturated carbocycles. The Morgan fingerprint density at radius 2 is 2.00 bits per heavy atom. The van der Waals surface area contributed by atoms with E-state index in [0.29, 0.717) is 31.0 Å². The number of hydroxylamine groups is 1. The van der Waals surface area contributed by atoms with Crippen LogP contribution in [0.5, 0.6) is 5.75 Å². The normalized spacial score (nSPS) is 23.3. The summed E-state index contributed by atoms with van der Waals surface area (Å²) in [7, 11) is 0. The lowest BCUT2D eigenvalue weighted by Gasteiger charge is -2.12. The highest BCUT2D eigenvalue weighted by Gasteiger charge is 2.50. The van der Waals surface area contributed by atoms with Crippen LogP contribution in [0, 0.1) is 23.7 Å². The molecule has 2 aliphatic rings. The van der Waals surface area contributed by atoms with Crippen molar-refractivity contribution >= 4 is 23.9 Å². The predicted molar refractivity (Wildman–Crippen MR) is 122 cm³/mol. The molecule has 0 spiro atoms. The third kappa shape index (κ3) is 5.02. The summed E-state index contributed by atoms with van der Waals surface area (Å²) in [6.45, 7) is 6.24. The number of amidine groups is 1. The average molecular weight is 425 g/mol. The maximum absolute atomic E-state index is 6.07. The van der Waals surface area contributed by atoms with Crippen LogP contribution < -0.4 is 10.2 Å². The molecule has 3 atom stereocenters. The fourth-order valence-electron chi connectivity index (χ4n) is 3.65. The Bertz CT molecular complexity index is 896. The van der Waals surface area contributed by atoms with Gasteiger partial charge in [0.05, 0.1) is 18.9 Å². The summed E-state index contributed by atoms with van der Waals surface area (Å²) in [4.78, 5) is 20.2. The molecule has 2 aromatic rings. The van der Waals surface area contributed by atoms with E-state index in [-0.39, 0.29) is 5.92 Å². The molecular formula is C23H28N4O2S. The Morgan fingerprint density at radius 1 is 1.17 bits per heavy atom. The minimum atomic E-state index is 0.270. The molecule has 7 heteroatoms. The maximum Gasteiger partial charge on any atom is 0.130 e. The quantitative estimate of drug-likeness (QED) is 0.699. The van der Waals surface area contributed by atoms with Crippen molar-refractivity contribution in [3.8, 4) is 17.0 Å². The number of ether oxygens (including phenoxy) is 1. The molecule has 0 amide bonds. The third-order valence-corrected chi connectivity index (χ3v) is 6.38. The van der Waals surface area contributed by atoms with E-state index in [1.807, 2.05) is 18.3 Å². The van der Waals surface area contributed by atoms with E-state index in [2.05, 4.69) is 64.8 Å². The summed E-state index contributed by atoms with van der Waals surface area (Å²) in [5.41, 5.74) is 5.04. The first-order valence-corrected chi connectivity index (χ1v) is 11.5. The van der Waals surface area contributed by atoms with Crippen LogP contribution in [0.2, 0.25) is 0 Å². The van der Waals surface area contributed by atoms with Gasteiger partial charge in [-0.15, -0.1) is 11.8 Å². The predicted octanol–water partition coefficient (Wildman–Crippen LogP) is 4.33. The van der Waals surface area contributed by atoms with Gasteiger partial charge >= 0.3 is 0 Å². The van der Waals surface area contributed by atoms with E-state index in [0.717, 1.165) is 34.3 Å². The molecular weight excluding hydrogens is 396 g/mol. The van der Waals surface area contributed by atoms with Crippen molar-refractivity contribution in [3.63, 3.8) is 0 Å². The number of aromatic nitrogens is 1. The van der Waals surface area contributed by atoms with Crippen LogP contribution in [0.1, 0.15) is 13.8 Å². The summed E-state index contributed by atoms with van der Waals surface area (Å²) < 4.78 is 6.07. The molecule has 0 radical (unpaired) electrons. The molecule has 2 unspecified atom stereocenters. The van der Waals surface area contributed by atoms with E-state index >= 15 is 0 Å². The fraction of sp³-hybridized carbons (Fsp3) is 0.435. The zero-order chi connectivity index (χ0) is 20.9. The number of pyridine rings is 1. The summed E-state index contributed by atoms with van der Waals surface area (Å²) in [5.74, 6) is 3.35. The van der Waals surface area contributed by atoms with Gasteiger partial charge in [0, 0.05) is 35.0 Å². The van der Waals surface area contributed by atoms with Crippen molar-refractivity contribution in [2.75, 3.05) is 26.0 Å². The Hall–Kier alpha value is -2.38. The van der Waals surface area contributed by atoms with Gasteiger partial charge in [0.2, 0.25) is 0 Å². The highest BCUT2D eigenvalue weighted by molar-refractivity contribution is 7.98. The Kier molecular flexibility index (Phi) is 6.69. The SMILES string of the molecule is CSc1ccc(-c2ccc(OCC3C4CN=CN=C(C(C)C)NOC[C@H]43)cc2)nc1. The van der Waals surface area contributed by atoms with Gasteiger partial charge in [-0.25, -0.2) is 4.99 Å². The van der Waals surface area contributed by atoms with Gasteiger partial charge in [-0.2, -0.15) is 0 Å². The van der Waals surface area contributed by atoms with Crippen molar-refractivity contribution in [2.45, 2.75) is 18.7 Å². The average Bonchev–Trinajstić information content (AvgIpc) is 3.46. The molecule has 6 nitrogen and oxygen atoms in total. The largest absolute Gasteiger partial charge is 0.493 e. The van der Waals surface area contributed by atoms with Gasteiger partial charge in [-0.05, 0) is 54.5 Å². The van der Waals surface area contributed by atoms with E-state index in [4.69, 9.17) is 9.57 Å². The van der Waals surface area contributed by atoms with Gasteiger partial charge in [0.1, 0.15) is 17.9 Å². The first-order valence-electron chi connectivity index (χ1n) is 10.3. The number of rotatable bonds is 6. The molecule has 0 saturated heterocycles. The number of aliphatic imine (C=N–C) groups is 2. The molecule has 1 aliphatic heterocycles. The lowest BCUT2D eigenvalue weighted by molar-refractivity contribution is 0.0670. The van der Waals surface area contributed by atoms with Crippen LogP contribution in [-0.2, 0) is 4.84 Å². The van der Waals surface area contributed by atoms with Gasteiger partial charge in [0.15, 0.2) is 0 Å². The van der Waals surface area contributed by atoms with Crippen molar-refractivity contribution in [2.24, 2.45) is 33.7 Å². The second-order valence-corrected chi connectivity index (χ2v) is 8.85. The number of thioether (sulfide) groups is 1. The zero-order valence-electron chi connectivity index (χ0n) is 17.6. The van der Waals surface area contributed by atoms with Gasteiger partial charge in [-0.3, -0.25) is 20.3 Å². The van der Waals surface area contributed by atoms with E-state index in [1.165, 1.54) is 0 Å². The highest BCUT2D eigenvalue weighted by Crippen LogP contribution is 2.47. The number of hydrogen-bond acceptors (Lipinski definition) is 7. The number of nitrogens with one attached hydrogen (secondary N) is 1. The van der Waals surface area contributed by atoms with Crippen LogP contribution in [-0.4, -0.2) is 43.2 Å². The second-order valence-electron chi connectivity index (χ2n) is 7.97. The van der Waals surface area contributed by atoms with Gasteiger partial charge in [-0.1, -0.05) is 13.8 Å². The lowest BCUT2D eigenvalue weighted by atomic mass is 10.1. The molecule has 2 heterocycles. The highest BCUT2D eigenvalue weighted by atomic mass is 32.2. The molecule has 30 heavy (non-hydrogen) atoms. The molecule has 4 rings (SSSR count). The van der Waals surface area contributed by atoms with E-state index in [1.54, 1.807) is 18.1 Å². The number of fused-ring (bicyclic) bond motifs is 1. The smallest absolute Gasteiger partial charge is 0.130 e. The fourth-order valence-corrected chi connectivity index (χ4v) is 4.01. The van der Waals surface area contributed by atoms with Crippen LogP contribution in [0.15, 0.2) is 57.5 Å². The minimum Gasteiger partial charge on any atom is -0.493 e. The summed E-state index contributed by atoms with van der Waals surface area (Å²) in [5, 5.41) is 0. The van der Waals surface area contributed by atoms with Gasteiger partial charge in [0.25, 0.3) is 0 Å². The van der Waals surface area contributed by atoms with Crippen molar-refractivity contribution in [1.29, 1.82) is 0 Å². The van der Waals surface area contributed by atoms with E-state index < -0.39 is 0 Å². The summed E-state index contributed by atoms with van der Waals surface area (Å²) >= 11 is 1.69. The van der Waals surface area contributed by atoms with Crippen molar-refractivity contribution in [3.05, 3.63) is 42.6 Å². The number of hydrogen-bond donors (Lipinski definition) is 1. The standard InChI is InChI=1S/C23H28N4O2S/c1-15(2)23-26-14-24-11-19-20(21(19)13-29-27-23)12-28-17-6-4-16(5-7-17)22-9-8-18(30-3)10-25-22/h4-10,14-15,19-21H,11-13H2,1-3H3,(H,24,26,27)/t19?,20?,21-/m1/s1. The first-order chi connectivity index (χ1) is 14.7. The molecule has 1 aliphatic carbocycles. The van der Waals surface area contributed by atoms with E-state index in [9.17, 15) is 0 Å². The van der Waals surface area contributed by atoms with Crippen LogP contribution in [0.25, 0.3) is 11.3 Å². The van der Waals surface area contributed by atoms with Crippen LogP contribution in [0.4, 0.5) is 0 Å². The van der Waals surface area contributed by atoms with Crippen LogP contribution >= 0.6 is 11.8 Å². The molecule has 1 aromatic heterocycles. The molecule has 158 valence electrons. The lowest BCUT2D eigenvalue weighted by Crippen LogP contribution is -2.30. The third-order valence-electron chi connectivity index (χ3n) is 5.67. The first kappa shape index (κ1) is 20.9. The Balaban J connectivity index is 1.30. The van der Waals surface area contributed by atoms with Crippen LogP contribution in [0.3, 0.4) is 0 Å². The Morgan fingerprint density at radius 3 is 2.70 bits per heavy atom. The molecule has 1 N–H and O–H groups in total. The zero-order valence-corrected chi connectivity index (χ0v) is 18.4. The van der Waals surface area contributed by atoms with Crippen molar-refractivity contribution < 1.29 is 9.57 Å². The minimum absolute atomic E-state index is 0.270.